The molecule has 196 valence electrons. The Bertz CT molecular complexity index is 1040. The lowest BCUT2D eigenvalue weighted by Crippen LogP contribution is -2.46. The first-order chi connectivity index (χ1) is 16.4. The Labute approximate surface area is 214 Å². The fourth-order valence-corrected chi connectivity index (χ4v) is 6.26. The molecule has 0 unspecified atom stereocenters. The number of carboxylic acids is 1. The van der Waals surface area contributed by atoms with Gasteiger partial charge in [0.05, 0.1) is 11.0 Å². The van der Waals surface area contributed by atoms with E-state index >= 15 is 0 Å². The Morgan fingerprint density at radius 2 is 1.94 bits per heavy atom. The summed E-state index contributed by atoms with van der Waals surface area (Å²) < 4.78 is 27.7. The van der Waals surface area contributed by atoms with Crippen LogP contribution in [0.2, 0.25) is 0 Å². The molecule has 3 N–H and O–H groups in total. The van der Waals surface area contributed by atoms with Gasteiger partial charge >= 0.3 is 5.97 Å². The number of likely N-dealkylation sites (N-methyl/N-ethyl adjacent to an activating group) is 1. The van der Waals surface area contributed by atoms with Crippen molar-refractivity contribution in [2.45, 2.75) is 82.3 Å². The molecule has 0 aliphatic rings. The number of hydrogen-bond acceptors (Lipinski definition) is 6. The number of thiophene rings is 1. The molecule has 0 bridgehead atoms. The van der Waals surface area contributed by atoms with E-state index in [1.165, 1.54) is 16.2 Å². The maximum Gasteiger partial charge on any atom is 0.303 e. The van der Waals surface area contributed by atoms with Crippen molar-refractivity contribution in [3.8, 4) is 0 Å². The van der Waals surface area contributed by atoms with E-state index in [4.69, 9.17) is 5.11 Å². The largest absolute Gasteiger partial charge is 0.481 e. The van der Waals surface area contributed by atoms with Crippen LogP contribution in [0.3, 0.4) is 0 Å². The van der Waals surface area contributed by atoms with Gasteiger partial charge in [-0.05, 0) is 81.0 Å². The van der Waals surface area contributed by atoms with E-state index in [0.717, 1.165) is 24.8 Å². The summed E-state index contributed by atoms with van der Waals surface area (Å²) in [6, 6.07) is 9.40. The Kier molecular flexibility index (Phi) is 11.4. The zero-order chi connectivity index (χ0) is 26.1. The van der Waals surface area contributed by atoms with Gasteiger partial charge in [-0.3, -0.25) is 4.79 Å². The van der Waals surface area contributed by atoms with Gasteiger partial charge in [0.25, 0.3) is 0 Å². The fraction of sp³-hybridized carbons (Fsp3) is 0.577. The topological polar surface area (TPSA) is 107 Å². The number of carbonyl (C=O) groups is 1. The number of benzene rings is 1. The van der Waals surface area contributed by atoms with Crippen LogP contribution in [0, 0.1) is 0 Å². The first kappa shape index (κ1) is 29.5. The summed E-state index contributed by atoms with van der Waals surface area (Å²) >= 11 is 1.76. The van der Waals surface area contributed by atoms with E-state index in [0.29, 0.717) is 31.4 Å². The molecule has 0 aliphatic heterocycles. The number of β-amino-alcohol motifs (C(OH)–C–C–N with tert-alkyl or cyclic N) is 1. The molecule has 1 aromatic carbocycles. The van der Waals surface area contributed by atoms with Gasteiger partial charge in [-0.1, -0.05) is 25.1 Å². The van der Waals surface area contributed by atoms with Crippen molar-refractivity contribution in [2.24, 2.45) is 0 Å². The molecular weight excluding hydrogens is 484 g/mol. The summed E-state index contributed by atoms with van der Waals surface area (Å²) in [5, 5.41) is 24.9. The summed E-state index contributed by atoms with van der Waals surface area (Å²) in [4.78, 5) is 12.3. The molecule has 1 atom stereocenters. The molecule has 2 rings (SSSR count). The van der Waals surface area contributed by atoms with Crippen LogP contribution < -0.4 is 5.32 Å². The molecule has 1 heterocycles. The summed E-state index contributed by atoms with van der Waals surface area (Å²) in [5.74, 6) is -0.837. The van der Waals surface area contributed by atoms with Crippen LogP contribution in [0.5, 0.6) is 0 Å². The maximum absolute atomic E-state index is 13.2. The predicted molar refractivity (Wildman–Crippen MR) is 142 cm³/mol. The quantitative estimate of drug-likeness (QED) is 0.305. The minimum absolute atomic E-state index is 0.00980. The van der Waals surface area contributed by atoms with Crippen LogP contribution in [0.1, 0.15) is 62.5 Å². The van der Waals surface area contributed by atoms with Crippen LogP contribution in [-0.2, 0) is 34.1 Å². The number of rotatable bonds is 16. The zero-order valence-corrected chi connectivity index (χ0v) is 22.9. The highest BCUT2D eigenvalue weighted by molar-refractivity contribution is 7.89. The van der Waals surface area contributed by atoms with Crippen molar-refractivity contribution in [3.63, 3.8) is 0 Å². The second-order valence-electron chi connectivity index (χ2n) is 9.68. The lowest BCUT2D eigenvalue weighted by Gasteiger charge is -2.29. The molecule has 0 aliphatic carbocycles. The van der Waals surface area contributed by atoms with E-state index < -0.39 is 22.1 Å². The van der Waals surface area contributed by atoms with Crippen molar-refractivity contribution < 1.29 is 23.4 Å². The molecule has 9 heteroatoms. The number of nitrogens with one attached hydrogen (secondary N) is 1. The third kappa shape index (κ3) is 9.65. The van der Waals surface area contributed by atoms with Crippen molar-refractivity contribution >= 4 is 27.3 Å². The van der Waals surface area contributed by atoms with E-state index in [9.17, 15) is 18.3 Å². The Morgan fingerprint density at radius 1 is 1.20 bits per heavy atom. The number of aliphatic hydroxyl groups excluding tert-OH is 1. The predicted octanol–water partition coefficient (Wildman–Crippen LogP) is 4.09. The minimum atomic E-state index is -3.77. The van der Waals surface area contributed by atoms with Gasteiger partial charge < -0.3 is 15.5 Å². The number of hydrogen-bond donors (Lipinski definition) is 3. The number of carboxylic acid groups (broad SMARTS) is 1. The van der Waals surface area contributed by atoms with Crippen molar-refractivity contribution in [2.75, 3.05) is 20.1 Å². The summed E-state index contributed by atoms with van der Waals surface area (Å²) in [6.45, 7) is 6.38. The maximum atomic E-state index is 13.2. The number of aliphatic carboxylic acids is 1. The van der Waals surface area contributed by atoms with Gasteiger partial charge in [0.2, 0.25) is 10.0 Å². The molecule has 0 saturated heterocycles. The summed E-state index contributed by atoms with van der Waals surface area (Å²) in [5.41, 5.74) is 1.46. The first-order valence-electron chi connectivity index (χ1n) is 12.2. The SMILES string of the molecule is CCc1cc(CCCC(=O)O)ccc1S(=O)(=O)N(C)C[C@H](O)CNC(C)(C)CCCc1cccs1. The van der Waals surface area contributed by atoms with E-state index in [-0.39, 0.29) is 23.4 Å². The molecule has 7 nitrogen and oxygen atoms in total. The molecule has 0 saturated carbocycles. The normalized spacial score (nSPS) is 13.3. The first-order valence-corrected chi connectivity index (χ1v) is 14.5. The van der Waals surface area contributed by atoms with Crippen molar-refractivity contribution in [1.82, 2.24) is 9.62 Å². The van der Waals surface area contributed by atoms with Gasteiger partial charge in [0, 0.05) is 37.0 Å². The van der Waals surface area contributed by atoms with Crippen LogP contribution in [-0.4, -0.2) is 60.7 Å². The van der Waals surface area contributed by atoms with Crippen LogP contribution in [0.25, 0.3) is 0 Å². The van der Waals surface area contributed by atoms with Crippen LogP contribution in [0.4, 0.5) is 0 Å². The highest BCUT2D eigenvalue weighted by Crippen LogP contribution is 2.23. The fourth-order valence-electron chi connectivity index (χ4n) is 4.03. The van der Waals surface area contributed by atoms with Gasteiger partial charge in [0.15, 0.2) is 0 Å². The lowest BCUT2D eigenvalue weighted by atomic mass is 9.96. The van der Waals surface area contributed by atoms with Gasteiger partial charge in [-0.15, -0.1) is 11.3 Å². The van der Waals surface area contributed by atoms with Gasteiger partial charge in [-0.25, -0.2) is 8.42 Å². The smallest absolute Gasteiger partial charge is 0.303 e. The second-order valence-corrected chi connectivity index (χ2v) is 12.7. The standard InChI is InChI=1S/C26H40N2O5S2/c1-5-21-17-20(9-6-12-25(30)31)13-14-24(21)35(32,33)28(4)19-22(29)18-27-26(2,3)15-7-10-23-11-8-16-34-23/h8,11,13-14,16-17,22,27,29H,5-7,9-10,12,15,18-19H2,1-4H3,(H,30,31)/t22-/m1/s1. The molecule has 2 aromatic rings. The number of nitrogens with zero attached hydrogens (tertiary/aromatic N) is 1. The average molecular weight is 525 g/mol. The molecule has 1 aromatic heterocycles. The van der Waals surface area contributed by atoms with Crippen molar-refractivity contribution in [1.29, 1.82) is 0 Å². The Balaban J connectivity index is 1.91. The third-order valence-corrected chi connectivity index (χ3v) is 9.00. The number of aliphatic hydroxyl groups is 1. The molecule has 35 heavy (non-hydrogen) atoms. The summed E-state index contributed by atoms with van der Waals surface area (Å²) in [7, 11) is -2.28. The highest BCUT2D eigenvalue weighted by atomic mass is 32.2. The molecular formula is C26H40N2O5S2. The number of aryl methyl sites for hydroxylation is 3. The lowest BCUT2D eigenvalue weighted by molar-refractivity contribution is -0.137. The molecule has 0 radical (unpaired) electrons. The molecule has 0 spiro atoms. The van der Waals surface area contributed by atoms with E-state index in [1.54, 1.807) is 23.5 Å². The zero-order valence-electron chi connectivity index (χ0n) is 21.3. The Morgan fingerprint density at radius 3 is 2.57 bits per heavy atom. The van der Waals surface area contributed by atoms with E-state index in [1.807, 2.05) is 13.0 Å². The Hall–Kier alpha value is -1.78. The highest BCUT2D eigenvalue weighted by Gasteiger charge is 2.26. The van der Waals surface area contributed by atoms with Crippen LogP contribution >= 0.6 is 11.3 Å². The van der Waals surface area contributed by atoms with Gasteiger partial charge in [-0.2, -0.15) is 4.31 Å². The van der Waals surface area contributed by atoms with Crippen molar-refractivity contribution in [3.05, 3.63) is 51.7 Å². The average Bonchev–Trinajstić information content (AvgIpc) is 3.30. The minimum Gasteiger partial charge on any atom is -0.481 e. The van der Waals surface area contributed by atoms with E-state index in [2.05, 4.69) is 36.7 Å². The van der Waals surface area contributed by atoms with Gasteiger partial charge in [0.1, 0.15) is 0 Å². The second kappa shape index (κ2) is 13.5. The van der Waals surface area contributed by atoms with Crippen LogP contribution in [0.15, 0.2) is 40.6 Å². The third-order valence-electron chi connectivity index (χ3n) is 6.14. The molecule has 0 amide bonds. The number of sulfonamides is 1. The molecule has 0 fully saturated rings. The summed E-state index contributed by atoms with van der Waals surface area (Å²) in [6.07, 6.45) is 3.90. The monoisotopic (exact) mass is 524 g/mol.